The summed E-state index contributed by atoms with van der Waals surface area (Å²) >= 11 is 0. The minimum absolute atomic E-state index is 0.253. The lowest BCUT2D eigenvalue weighted by Gasteiger charge is -2.16. The number of urea groups is 1. The topological polar surface area (TPSA) is 61.4 Å². The van der Waals surface area contributed by atoms with Gasteiger partial charge in [0.2, 0.25) is 0 Å². The van der Waals surface area contributed by atoms with Crippen LogP contribution in [-0.4, -0.2) is 36.8 Å². The highest BCUT2D eigenvalue weighted by molar-refractivity contribution is 5.74. The van der Waals surface area contributed by atoms with Crippen LogP contribution in [0.25, 0.3) is 0 Å². The molecule has 0 fully saturated rings. The summed E-state index contributed by atoms with van der Waals surface area (Å²) in [5, 5.41) is 13.6. The molecule has 4 nitrogen and oxygen atoms in total. The molecule has 0 bridgehead atoms. The maximum atomic E-state index is 11.9. The van der Waals surface area contributed by atoms with E-state index >= 15 is 0 Å². The lowest BCUT2D eigenvalue weighted by Crippen LogP contribution is -2.46. The fourth-order valence-corrected chi connectivity index (χ4v) is 1.47. The third kappa shape index (κ3) is 5.58. The number of aliphatic hydroxyl groups excluding tert-OH is 1. The largest absolute Gasteiger partial charge is 0.394 e. The second kappa shape index (κ2) is 7.60. The van der Waals surface area contributed by atoms with E-state index in [-0.39, 0.29) is 6.61 Å². The van der Waals surface area contributed by atoms with Gasteiger partial charge in [-0.3, -0.25) is 0 Å². The first-order chi connectivity index (χ1) is 8.61. The molecular formula is C12H16F2N2O2. The van der Waals surface area contributed by atoms with Crippen molar-refractivity contribution in [2.45, 2.75) is 18.9 Å². The van der Waals surface area contributed by atoms with Crippen LogP contribution in [0.3, 0.4) is 0 Å². The molecule has 0 saturated carbocycles. The van der Waals surface area contributed by atoms with E-state index in [1.54, 1.807) is 0 Å². The summed E-state index contributed by atoms with van der Waals surface area (Å²) in [6.07, 6.45) is -2.14. The van der Waals surface area contributed by atoms with Crippen molar-refractivity contribution < 1.29 is 18.7 Å². The van der Waals surface area contributed by atoms with Gasteiger partial charge in [0.25, 0.3) is 6.43 Å². The Labute approximate surface area is 104 Å². The Morgan fingerprint density at radius 3 is 2.50 bits per heavy atom. The Morgan fingerprint density at radius 1 is 1.28 bits per heavy atom. The van der Waals surface area contributed by atoms with Gasteiger partial charge >= 0.3 is 6.03 Å². The number of amides is 2. The maximum absolute atomic E-state index is 11.9. The molecule has 1 aromatic carbocycles. The number of alkyl halides is 2. The molecule has 0 aliphatic carbocycles. The number of hydrogen-bond donors (Lipinski definition) is 3. The highest BCUT2D eigenvalue weighted by Crippen LogP contribution is 2.02. The quantitative estimate of drug-likeness (QED) is 0.717. The minimum atomic E-state index is -2.59. The fraction of sp³-hybridized carbons (Fsp3) is 0.417. The molecule has 0 aromatic heterocycles. The van der Waals surface area contributed by atoms with Crippen LogP contribution in [0.1, 0.15) is 5.56 Å². The van der Waals surface area contributed by atoms with Crippen LogP contribution in [0.2, 0.25) is 0 Å². The number of carbonyl (C=O) groups excluding carboxylic acids is 1. The Morgan fingerprint density at radius 2 is 1.94 bits per heavy atom. The molecule has 0 aliphatic rings. The minimum Gasteiger partial charge on any atom is -0.394 e. The van der Waals surface area contributed by atoms with Crippen molar-refractivity contribution in [1.29, 1.82) is 0 Å². The van der Waals surface area contributed by atoms with E-state index in [1.165, 1.54) is 0 Å². The zero-order valence-electron chi connectivity index (χ0n) is 9.77. The second-order valence-electron chi connectivity index (χ2n) is 3.81. The predicted octanol–water partition coefficient (Wildman–Crippen LogP) is 1.15. The van der Waals surface area contributed by atoms with Crippen molar-refractivity contribution >= 4 is 6.03 Å². The molecule has 2 amide bonds. The number of carbonyl (C=O) groups is 1. The molecule has 0 saturated heterocycles. The summed E-state index contributed by atoms with van der Waals surface area (Å²) in [6.45, 7) is -0.952. The maximum Gasteiger partial charge on any atom is 0.315 e. The van der Waals surface area contributed by atoms with Crippen LogP contribution in [0, 0.1) is 0 Å². The van der Waals surface area contributed by atoms with Crippen molar-refractivity contribution in [2.24, 2.45) is 0 Å². The molecule has 0 unspecified atom stereocenters. The van der Waals surface area contributed by atoms with Gasteiger partial charge in [-0.05, 0) is 12.0 Å². The molecule has 100 valence electrons. The first-order valence-corrected chi connectivity index (χ1v) is 5.59. The van der Waals surface area contributed by atoms with Gasteiger partial charge in [-0.15, -0.1) is 0 Å². The van der Waals surface area contributed by atoms with Gasteiger partial charge < -0.3 is 15.7 Å². The van der Waals surface area contributed by atoms with Gasteiger partial charge in [0.15, 0.2) is 0 Å². The third-order valence-electron chi connectivity index (χ3n) is 2.30. The number of benzene rings is 1. The molecule has 0 aliphatic heterocycles. The van der Waals surface area contributed by atoms with Crippen molar-refractivity contribution in [3.63, 3.8) is 0 Å². The number of aliphatic hydroxyl groups is 1. The summed E-state index contributed by atoms with van der Waals surface area (Å²) in [5.74, 6) is 0. The Bertz CT molecular complexity index is 360. The van der Waals surface area contributed by atoms with Crippen molar-refractivity contribution in [3.8, 4) is 0 Å². The van der Waals surface area contributed by atoms with E-state index in [0.29, 0.717) is 6.42 Å². The lowest BCUT2D eigenvalue weighted by atomic mass is 10.1. The van der Waals surface area contributed by atoms with Gasteiger partial charge in [0.1, 0.15) is 0 Å². The first kappa shape index (κ1) is 14.4. The molecule has 3 N–H and O–H groups in total. The average molecular weight is 258 g/mol. The van der Waals surface area contributed by atoms with E-state index in [2.05, 4.69) is 5.32 Å². The number of hydrogen-bond acceptors (Lipinski definition) is 2. The zero-order valence-corrected chi connectivity index (χ0v) is 9.77. The van der Waals surface area contributed by atoms with Gasteiger partial charge in [-0.2, -0.15) is 0 Å². The van der Waals surface area contributed by atoms with E-state index in [0.717, 1.165) is 5.56 Å². The van der Waals surface area contributed by atoms with Crippen LogP contribution in [0.4, 0.5) is 13.6 Å². The molecule has 0 radical (unpaired) electrons. The van der Waals surface area contributed by atoms with E-state index < -0.39 is 25.0 Å². The van der Waals surface area contributed by atoms with Crippen molar-refractivity contribution in [2.75, 3.05) is 13.2 Å². The van der Waals surface area contributed by atoms with Crippen LogP contribution in [-0.2, 0) is 6.42 Å². The third-order valence-corrected chi connectivity index (χ3v) is 2.30. The van der Waals surface area contributed by atoms with Crippen LogP contribution in [0.5, 0.6) is 0 Å². The van der Waals surface area contributed by atoms with Gasteiger partial charge in [0.05, 0.1) is 19.2 Å². The smallest absolute Gasteiger partial charge is 0.315 e. The van der Waals surface area contributed by atoms with E-state index in [4.69, 9.17) is 5.11 Å². The predicted molar refractivity (Wildman–Crippen MR) is 63.6 cm³/mol. The van der Waals surface area contributed by atoms with Crippen molar-refractivity contribution in [3.05, 3.63) is 35.9 Å². The summed E-state index contributed by atoms with van der Waals surface area (Å²) < 4.78 is 23.7. The number of halogens is 2. The Hall–Kier alpha value is -1.69. The highest BCUT2D eigenvalue weighted by Gasteiger charge is 2.12. The van der Waals surface area contributed by atoms with Crippen LogP contribution in [0.15, 0.2) is 30.3 Å². The number of nitrogens with one attached hydrogen (secondary N) is 2. The molecule has 1 aromatic rings. The van der Waals surface area contributed by atoms with Crippen molar-refractivity contribution in [1.82, 2.24) is 10.6 Å². The van der Waals surface area contributed by atoms with Gasteiger partial charge in [-0.25, -0.2) is 13.6 Å². The summed E-state index contributed by atoms with van der Waals surface area (Å²) in [4.78, 5) is 11.2. The standard InChI is InChI=1S/C12H16F2N2O2/c13-11(14)7-15-12(18)16-10(8-17)6-9-4-2-1-3-5-9/h1-5,10-11,17H,6-8H2,(H2,15,16,18)/t10-/m1/s1. The second-order valence-corrected chi connectivity index (χ2v) is 3.81. The molecule has 1 rings (SSSR count). The van der Waals surface area contributed by atoms with E-state index in [1.807, 2.05) is 35.6 Å². The molecule has 1 atom stereocenters. The molecule has 6 heteroatoms. The monoisotopic (exact) mass is 258 g/mol. The fourth-order valence-electron chi connectivity index (χ4n) is 1.47. The summed E-state index contributed by atoms with van der Waals surface area (Å²) in [5.41, 5.74) is 0.950. The molecular weight excluding hydrogens is 242 g/mol. The van der Waals surface area contributed by atoms with Gasteiger partial charge in [0, 0.05) is 0 Å². The van der Waals surface area contributed by atoms with Crippen LogP contribution >= 0.6 is 0 Å². The Kier molecular flexibility index (Phi) is 6.07. The first-order valence-electron chi connectivity index (χ1n) is 5.59. The zero-order chi connectivity index (χ0) is 13.4. The van der Waals surface area contributed by atoms with E-state index in [9.17, 15) is 13.6 Å². The molecule has 0 spiro atoms. The molecule has 0 heterocycles. The average Bonchev–Trinajstić information content (AvgIpc) is 2.37. The SMILES string of the molecule is O=C(NCC(F)F)N[C@@H](CO)Cc1ccccc1. The van der Waals surface area contributed by atoms with Gasteiger partial charge in [-0.1, -0.05) is 30.3 Å². The van der Waals surface area contributed by atoms with Crippen LogP contribution < -0.4 is 10.6 Å². The summed E-state index contributed by atoms with van der Waals surface area (Å²) in [6, 6.07) is 8.08. The Balaban J connectivity index is 2.40. The molecule has 18 heavy (non-hydrogen) atoms. The summed E-state index contributed by atoms with van der Waals surface area (Å²) in [7, 11) is 0. The number of rotatable bonds is 6. The lowest BCUT2D eigenvalue weighted by molar-refractivity contribution is 0.145. The normalized spacial score (nSPS) is 12.2. The highest BCUT2D eigenvalue weighted by atomic mass is 19.3.